The summed E-state index contributed by atoms with van der Waals surface area (Å²) in [5, 5.41) is 19.6. The van der Waals surface area contributed by atoms with Crippen LogP contribution in [-0.4, -0.2) is 5.90 Å². The van der Waals surface area contributed by atoms with E-state index in [4.69, 9.17) is 4.74 Å². The summed E-state index contributed by atoms with van der Waals surface area (Å²) in [6.45, 7) is 7.27. The molecule has 0 bridgehead atoms. The Kier molecular flexibility index (Phi) is 4.09. The standard InChI is InChI=1S/C22H21N3O/c1-20(2,14-23)19-25-18-13-9-8-12-17(18)22(26-19,21(3,4)15-24)16-10-6-5-7-11-16/h5-13H,1-4H3. The van der Waals surface area contributed by atoms with Gasteiger partial charge in [0.2, 0.25) is 5.90 Å². The molecule has 0 radical (unpaired) electrons. The van der Waals surface area contributed by atoms with Gasteiger partial charge < -0.3 is 4.74 Å². The predicted molar refractivity (Wildman–Crippen MR) is 101 cm³/mol. The molecule has 130 valence electrons. The maximum atomic E-state index is 10.0. The number of rotatable bonds is 3. The van der Waals surface area contributed by atoms with Crippen LogP contribution in [0.5, 0.6) is 0 Å². The molecule has 4 heteroatoms. The minimum absolute atomic E-state index is 0.325. The van der Waals surface area contributed by atoms with E-state index in [2.05, 4.69) is 17.1 Å². The molecule has 0 saturated carbocycles. The van der Waals surface area contributed by atoms with Crippen molar-refractivity contribution in [1.82, 2.24) is 0 Å². The van der Waals surface area contributed by atoms with Gasteiger partial charge in [0.05, 0.1) is 17.8 Å². The molecule has 1 unspecified atom stereocenters. The number of benzene rings is 2. The molecule has 0 amide bonds. The number of nitriles is 2. The van der Waals surface area contributed by atoms with Gasteiger partial charge in [0, 0.05) is 11.1 Å². The third kappa shape index (κ3) is 2.47. The van der Waals surface area contributed by atoms with E-state index in [-0.39, 0.29) is 0 Å². The lowest BCUT2D eigenvalue weighted by atomic mass is 9.66. The molecule has 2 aromatic rings. The molecule has 0 saturated heterocycles. The smallest absolute Gasteiger partial charge is 0.210 e. The number of fused-ring (bicyclic) bond motifs is 1. The van der Waals surface area contributed by atoms with Gasteiger partial charge in [-0.25, -0.2) is 4.99 Å². The molecule has 26 heavy (non-hydrogen) atoms. The van der Waals surface area contributed by atoms with Crippen molar-refractivity contribution >= 4 is 11.6 Å². The number of ether oxygens (including phenoxy) is 1. The summed E-state index contributed by atoms with van der Waals surface area (Å²) in [4.78, 5) is 4.62. The van der Waals surface area contributed by atoms with E-state index in [1.807, 2.05) is 68.4 Å². The highest BCUT2D eigenvalue weighted by Gasteiger charge is 2.55. The maximum absolute atomic E-state index is 10.0. The topological polar surface area (TPSA) is 69.2 Å². The minimum Gasteiger partial charge on any atom is -0.461 e. The summed E-state index contributed by atoms with van der Waals surface area (Å²) in [6, 6.07) is 22.0. The fraction of sp³-hybridized carbons (Fsp3) is 0.318. The number of para-hydroxylation sites is 1. The van der Waals surface area contributed by atoms with Gasteiger partial charge in [-0.05, 0) is 33.8 Å². The number of aliphatic imine (C=N–C) groups is 1. The first-order chi connectivity index (χ1) is 12.3. The Morgan fingerprint density at radius 3 is 2.12 bits per heavy atom. The zero-order chi connectivity index (χ0) is 19.0. The maximum Gasteiger partial charge on any atom is 0.210 e. The average Bonchev–Trinajstić information content (AvgIpc) is 2.67. The highest BCUT2D eigenvalue weighted by Crippen LogP contribution is 2.53. The molecule has 0 aromatic heterocycles. The molecule has 0 spiro atoms. The average molecular weight is 343 g/mol. The molecule has 1 atom stereocenters. The monoisotopic (exact) mass is 343 g/mol. The summed E-state index contributed by atoms with van der Waals surface area (Å²) in [6.07, 6.45) is 0. The molecule has 3 rings (SSSR count). The van der Waals surface area contributed by atoms with E-state index in [0.29, 0.717) is 5.90 Å². The Balaban J connectivity index is 2.41. The molecule has 1 aliphatic heterocycles. The Morgan fingerprint density at radius 2 is 1.50 bits per heavy atom. The fourth-order valence-corrected chi connectivity index (χ4v) is 3.31. The third-order valence-corrected chi connectivity index (χ3v) is 4.91. The molecule has 0 fully saturated rings. The van der Waals surface area contributed by atoms with Crippen LogP contribution in [0.1, 0.15) is 38.8 Å². The van der Waals surface area contributed by atoms with E-state index < -0.39 is 16.4 Å². The van der Waals surface area contributed by atoms with Crippen molar-refractivity contribution < 1.29 is 4.74 Å². The highest BCUT2D eigenvalue weighted by atomic mass is 16.5. The molecule has 1 aliphatic rings. The van der Waals surface area contributed by atoms with Crippen LogP contribution in [-0.2, 0) is 10.3 Å². The summed E-state index contributed by atoms with van der Waals surface area (Å²) >= 11 is 0. The number of nitrogens with zero attached hydrogens (tertiary/aromatic N) is 3. The van der Waals surface area contributed by atoms with Crippen LogP contribution in [0.4, 0.5) is 5.69 Å². The van der Waals surface area contributed by atoms with E-state index in [9.17, 15) is 10.5 Å². The second kappa shape index (κ2) is 6.00. The predicted octanol–water partition coefficient (Wildman–Crippen LogP) is 5.09. The molecule has 4 nitrogen and oxygen atoms in total. The fourth-order valence-electron chi connectivity index (χ4n) is 3.31. The summed E-state index contributed by atoms with van der Waals surface area (Å²) in [5.74, 6) is 0.325. The van der Waals surface area contributed by atoms with Gasteiger partial charge in [0.15, 0.2) is 5.60 Å². The van der Waals surface area contributed by atoms with Gasteiger partial charge in [-0.2, -0.15) is 10.5 Å². The molecular formula is C22H21N3O. The van der Waals surface area contributed by atoms with E-state index in [1.165, 1.54) is 0 Å². The quantitative estimate of drug-likeness (QED) is 0.779. The van der Waals surface area contributed by atoms with Gasteiger partial charge >= 0.3 is 0 Å². The second-order valence-corrected chi connectivity index (χ2v) is 7.56. The van der Waals surface area contributed by atoms with Crippen LogP contribution >= 0.6 is 0 Å². The first-order valence-electron chi connectivity index (χ1n) is 8.54. The van der Waals surface area contributed by atoms with Crippen LogP contribution in [0.25, 0.3) is 0 Å². The Morgan fingerprint density at radius 1 is 0.885 bits per heavy atom. The zero-order valence-electron chi connectivity index (χ0n) is 15.4. The van der Waals surface area contributed by atoms with Gasteiger partial charge in [-0.1, -0.05) is 48.5 Å². The van der Waals surface area contributed by atoms with Gasteiger partial charge in [-0.15, -0.1) is 0 Å². The lowest BCUT2D eigenvalue weighted by molar-refractivity contribution is -0.00208. The van der Waals surface area contributed by atoms with Crippen LogP contribution in [0, 0.1) is 33.5 Å². The van der Waals surface area contributed by atoms with E-state index >= 15 is 0 Å². The Labute approximate surface area is 154 Å². The van der Waals surface area contributed by atoms with Crippen molar-refractivity contribution in [3.05, 3.63) is 65.7 Å². The zero-order valence-corrected chi connectivity index (χ0v) is 15.4. The van der Waals surface area contributed by atoms with Gasteiger partial charge in [0.25, 0.3) is 0 Å². The second-order valence-electron chi connectivity index (χ2n) is 7.56. The van der Waals surface area contributed by atoms with Crippen LogP contribution in [0.2, 0.25) is 0 Å². The Hall–Kier alpha value is -3.11. The van der Waals surface area contributed by atoms with E-state index in [0.717, 1.165) is 16.8 Å². The summed E-state index contributed by atoms with van der Waals surface area (Å²) < 4.78 is 6.50. The van der Waals surface area contributed by atoms with Crippen LogP contribution in [0.3, 0.4) is 0 Å². The number of hydrogen-bond donors (Lipinski definition) is 0. The summed E-state index contributed by atoms with van der Waals surface area (Å²) in [7, 11) is 0. The lowest BCUT2D eigenvalue weighted by Gasteiger charge is -2.47. The normalized spacial score (nSPS) is 19.4. The molecule has 2 aromatic carbocycles. The molecule has 1 heterocycles. The molecular weight excluding hydrogens is 322 g/mol. The van der Waals surface area contributed by atoms with Gasteiger partial charge in [-0.3, -0.25) is 0 Å². The first-order valence-corrected chi connectivity index (χ1v) is 8.54. The van der Waals surface area contributed by atoms with Crippen molar-refractivity contribution in [1.29, 1.82) is 10.5 Å². The van der Waals surface area contributed by atoms with Gasteiger partial charge in [0.1, 0.15) is 10.8 Å². The van der Waals surface area contributed by atoms with Crippen LogP contribution in [0.15, 0.2) is 59.6 Å². The lowest BCUT2D eigenvalue weighted by Crippen LogP contribution is -2.49. The highest BCUT2D eigenvalue weighted by molar-refractivity contribution is 5.90. The SMILES string of the molecule is CC(C)(C#N)C1=Nc2ccccc2C(c2ccccc2)(C(C)(C)C#N)O1. The first kappa shape index (κ1) is 17.7. The van der Waals surface area contributed by atoms with E-state index in [1.54, 1.807) is 13.8 Å². The largest absolute Gasteiger partial charge is 0.461 e. The Bertz CT molecular complexity index is 945. The third-order valence-electron chi connectivity index (χ3n) is 4.91. The summed E-state index contributed by atoms with van der Waals surface area (Å²) in [5.41, 5.74) is -0.471. The van der Waals surface area contributed by atoms with Crippen molar-refractivity contribution in [3.63, 3.8) is 0 Å². The minimum atomic E-state index is -1.06. The number of hydrogen-bond acceptors (Lipinski definition) is 4. The molecule has 0 N–H and O–H groups in total. The van der Waals surface area contributed by atoms with Crippen LogP contribution < -0.4 is 0 Å². The van der Waals surface area contributed by atoms with Crippen molar-refractivity contribution in [2.75, 3.05) is 0 Å². The molecule has 0 aliphatic carbocycles. The van der Waals surface area contributed by atoms with Crippen molar-refractivity contribution in [2.45, 2.75) is 33.3 Å². The van der Waals surface area contributed by atoms with Crippen molar-refractivity contribution in [2.24, 2.45) is 15.8 Å². The van der Waals surface area contributed by atoms with Crippen molar-refractivity contribution in [3.8, 4) is 12.1 Å².